The van der Waals surface area contributed by atoms with Crippen molar-refractivity contribution in [1.82, 2.24) is 0 Å². The van der Waals surface area contributed by atoms with E-state index < -0.39 is 5.92 Å². The van der Waals surface area contributed by atoms with Gasteiger partial charge in [0.25, 0.3) is 0 Å². The van der Waals surface area contributed by atoms with Crippen LogP contribution < -0.4 is 15.2 Å². The minimum Gasteiger partial charge on any atom is -0.493 e. The van der Waals surface area contributed by atoms with Crippen molar-refractivity contribution in [2.24, 2.45) is 5.73 Å². The minimum absolute atomic E-state index is 0.0209. The van der Waals surface area contributed by atoms with E-state index in [1.165, 1.54) is 19.2 Å². The topological polar surface area (TPSA) is 94.6 Å². The van der Waals surface area contributed by atoms with Crippen LogP contribution in [0.4, 0.5) is 4.39 Å². The molecule has 2 aliphatic rings. The molecule has 1 aliphatic heterocycles. The van der Waals surface area contributed by atoms with Crippen LogP contribution in [-0.4, -0.2) is 12.9 Å². The van der Waals surface area contributed by atoms with Gasteiger partial charge in [0, 0.05) is 18.4 Å². The standard InChI is InChI=1S/C24H20ClFN2O4/c1-30-20-10-14(9-17(25)23(20)31-12-13-4-2-5-15(26)8-13)21-16(11-27)24(28)32-19-7-3-6-18(29)22(19)21/h2,4-5,8-10,21H,3,6-7,12,28H2,1H3. The number of methoxy groups -OCH3 is 1. The second-order valence-electron chi connectivity index (χ2n) is 7.49. The van der Waals surface area contributed by atoms with Gasteiger partial charge in [-0.2, -0.15) is 5.26 Å². The first-order valence-corrected chi connectivity index (χ1v) is 10.4. The van der Waals surface area contributed by atoms with E-state index in [0.717, 1.165) is 0 Å². The van der Waals surface area contributed by atoms with E-state index in [1.807, 2.05) is 0 Å². The van der Waals surface area contributed by atoms with Crippen molar-refractivity contribution in [3.63, 3.8) is 0 Å². The molecule has 0 spiro atoms. The molecule has 4 rings (SSSR count). The summed E-state index contributed by atoms with van der Waals surface area (Å²) >= 11 is 6.53. The van der Waals surface area contributed by atoms with E-state index in [4.69, 9.17) is 31.5 Å². The van der Waals surface area contributed by atoms with Crippen LogP contribution in [0.3, 0.4) is 0 Å². The Morgan fingerprint density at radius 1 is 1.31 bits per heavy atom. The quantitative estimate of drug-likeness (QED) is 0.691. The monoisotopic (exact) mass is 454 g/mol. The molecule has 8 heteroatoms. The van der Waals surface area contributed by atoms with Gasteiger partial charge in [0.2, 0.25) is 5.88 Å². The molecule has 1 heterocycles. The number of rotatable bonds is 5. The summed E-state index contributed by atoms with van der Waals surface area (Å²) in [5.41, 5.74) is 7.76. The summed E-state index contributed by atoms with van der Waals surface area (Å²) in [7, 11) is 1.46. The van der Waals surface area contributed by atoms with Crippen LogP contribution in [-0.2, 0) is 16.1 Å². The second-order valence-corrected chi connectivity index (χ2v) is 7.90. The normalized spacial score (nSPS) is 18.1. The molecule has 0 aromatic heterocycles. The molecule has 0 saturated carbocycles. The lowest BCUT2D eigenvalue weighted by atomic mass is 9.77. The van der Waals surface area contributed by atoms with Crippen LogP contribution in [0.5, 0.6) is 11.5 Å². The van der Waals surface area contributed by atoms with Crippen LogP contribution in [0.2, 0.25) is 5.02 Å². The maximum atomic E-state index is 13.5. The first-order chi connectivity index (χ1) is 15.4. The Kier molecular flexibility index (Phi) is 6.06. The zero-order valence-electron chi connectivity index (χ0n) is 17.3. The number of halogens is 2. The highest BCUT2D eigenvalue weighted by atomic mass is 35.5. The first-order valence-electron chi connectivity index (χ1n) is 10.0. The zero-order chi connectivity index (χ0) is 22.8. The van der Waals surface area contributed by atoms with Gasteiger partial charge in [-0.15, -0.1) is 0 Å². The fourth-order valence-corrected chi connectivity index (χ4v) is 4.29. The molecule has 2 N–H and O–H groups in total. The van der Waals surface area contributed by atoms with Crippen molar-refractivity contribution in [1.29, 1.82) is 5.26 Å². The SMILES string of the molecule is COc1cc(C2C(C#N)=C(N)OC3=C2C(=O)CCC3)cc(Cl)c1OCc1cccc(F)c1. The third-order valence-corrected chi connectivity index (χ3v) is 5.74. The van der Waals surface area contributed by atoms with Gasteiger partial charge >= 0.3 is 0 Å². The highest BCUT2D eigenvalue weighted by Gasteiger charge is 2.38. The van der Waals surface area contributed by atoms with E-state index >= 15 is 0 Å². The van der Waals surface area contributed by atoms with E-state index in [-0.39, 0.29) is 40.4 Å². The smallest absolute Gasteiger partial charge is 0.205 e. The third-order valence-electron chi connectivity index (χ3n) is 5.46. The summed E-state index contributed by atoms with van der Waals surface area (Å²) < 4.78 is 30.4. The highest BCUT2D eigenvalue weighted by molar-refractivity contribution is 6.32. The summed E-state index contributed by atoms with van der Waals surface area (Å²) in [6, 6.07) is 11.4. The third kappa shape index (κ3) is 4.02. The predicted molar refractivity (Wildman–Crippen MR) is 115 cm³/mol. The Morgan fingerprint density at radius 2 is 2.12 bits per heavy atom. The van der Waals surface area contributed by atoms with Gasteiger partial charge in [-0.1, -0.05) is 23.7 Å². The largest absolute Gasteiger partial charge is 0.493 e. The molecular formula is C24H20ClFN2O4. The predicted octanol–water partition coefficient (Wildman–Crippen LogP) is 4.88. The van der Waals surface area contributed by atoms with Crippen molar-refractivity contribution in [3.8, 4) is 17.6 Å². The van der Waals surface area contributed by atoms with Crippen molar-refractivity contribution in [2.45, 2.75) is 31.8 Å². The number of allylic oxidation sites excluding steroid dienone is 3. The van der Waals surface area contributed by atoms with Gasteiger partial charge in [-0.3, -0.25) is 4.79 Å². The molecule has 32 heavy (non-hydrogen) atoms. The fourth-order valence-electron chi connectivity index (χ4n) is 4.02. The van der Waals surface area contributed by atoms with Crippen LogP contribution in [0, 0.1) is 17.1 Å². The number of nitriles is 1. The number of nitrogens with zero attached hydrogens (tertiary/aromatic N) is 1. The molecule has 0 amide bonds. The molecule has 1 aliphatic carbocycles. The number of Topliss-reactive ketones (excluding diaryl/α,β-unsaturated/α-hetero) is 1. The number of carbonyl (C=O) groups excluding carboxylic acids is 1. The number of ketones is 1. The molecule has 1 unspecified atom stereocenters. The summed E-state index contributed by atoms with van der Waals surface area (Å²) in [5, 5.41) is 9.96. The molecule has 2 aromatic rings. The lowest BCUT2D eigenvalue weighted by Gasteiger charge is -2.31. The Hall–Kier alpha value is -3.50. The van der Waals surface area contributed by atoms with Crippen LogP contribution in [0.25, 0.3) is 0 Å². The number of benzene rings is 2. The zero-order valence-corrected chi connectivity index (χ0v) is 18.0. The average Bonchev–Trinajstić information content (AvgIpc) is 2.77. The molecule has 0 bridgehead atoms. The van der Waals surface area contributed by atoms with Crippen molar-refractivity contribution in [2.75, 3.05) is 7.11 Å². The lowest BCUT2D eigenvalue weighted by Crippen LogP contribution is -2.27. The van der Waals surface area contributed by atoms with Gasteiger partial charge in [-0.25, -0.2) is 4.39 Å². The summed E-state index contributed by atoms with van der Waals surface area (Å²) in [6.45, 7) is 0.0779. The van der Waals surface area contributed by atoms with Crippen molar-refractivity contribution in [3.05, 3.63) is 81.2 Å². The van der Waals surface area contributed by atoms with Gasteiger partial charge < -0.3 is 19.9 Å². The Morgan fingerprint density at radius 3 is 2.84 bits per heavy atom. The Labute approximate surface area is 189 Å². The maximum Gasteiger partial charge on any atom is 0.205 e. The van der Waals surface area contributed by atoms with E-state index in [0.29, 0.717) is 47.5 Å². The summed E-state index contributed by atoms with van der Waals surface area (Å²) in [4.78, 5) is 12.7. The number of ether oxygens (including phenoxy) is 3. The number of hydrogen-bond donors (Lipinski definition) is 1. The molecule has 2 aromatic carbocycles. The van der Waals surface area contributed by atoms with E-state index in [2.05, 4.69) is 6.07 Å². The molecule has 0 fully saturated rings. The van der Waals surface area contributed by atoms with Crippen LogP contribution in [0.15, 0.2) is 59.2 Å². The van der Waals surface area contributed by atoms with E-state index in [1.54, 1.807) is 24.3 Å². The van der Waals surface area contributed by atoms with Crippen LogP contribution in [0.1, 0.15) is 36.3 Å². The van der Waals surface area contributed by atoms with Crippen LogP contribution >= 0.6 is 11.6 Å². The fraction of sp³-hybridized carbons (Fsp3) is 0.250. The summed E-state index contributed by atoms with van der Waals surface area (Å²) in [6.07, 6.45) is 1.60. The van der Waals surface area contributed by atoms with Crippen molar-refractivity contribution < 1.29 is 23.4 Å². The summed E-state index contributed by atoms with van der Waals surface area (Å²) in [5.74, 6) is -0.103. The number of nitrogens with two attached hydrogens (primary N) is 1. The minimum atomic E-state index is -0.708. The molecule has 1 atom stereocenters. The highest BCUT2D eigenvalue weighted by Crippen LogP contribution is 2.47. The Bertz CT molecular complexity index is 1200. The molecular weight excluding hydrogens is 435 g/mol. The van der Waals surface area contributed by atoms with E-state index in [9.17, 15) is 14.4 Å². The van der Waals surface area contributed by atoms with Gasteiger partial charge in [0.05, 0.1) is 18.1 Å². The molecule has 6 nitrogen and oxygen atoms in total. The molecule has 0 saturated heterocycles. The van der Waals surface area contributed by atoms with Gasteiger partial charge in [-0.05, 0) is 41.8 Å². The van der Waals surface area contributed by atoms with Gasteiger partial charge in [0.15, 0.2) is 17.3 Å². The molecule has 164 valence electrons. The number of hydrogen-bond acceptors (Lipinski definition) is 6. The number of carbonyl (C=O) groups is 1. The maximum absolute atomic E-state index is 13.5. The second kappa shape index (κ2) is 8.93. The average molecular weight is 455 g/mol. The van der Waals surface area contributed by atoms with Crippen molar-refractivity contribution >= 4 is 17.4 Å². The first kappa shape index (κ1) is 21.7. The Balaban J connectivity index is 1.74. The van der Waals surface area contributed by atoms with Gasteiger partial charge in [0.1, 0.15) is 29.8 Å². The molecule has 0 radical (unpaired) electrons. The lowest BCUT2D eigenvalue weighted by molar-refractivity contribution is -0.116.